The zero-order chi connectivity index (χ0) is 17.6. The monoisotopic (exact) mass is 347 g/mol. The van der Waals surface area contributed by atoms with E-state index < -0.39 is 0 Å². The van der Waals surface area contributed by atoms with Crippen LogP contribution in [-0.4, -0.2) is 66.1 Å². The molecule has 7 heteroatoms. The molecule has 0 saturated carbocycles. The molecule has 3 rings (SSSR count). The molecule has 0 N–H and O–H groups in total. The molecule has 2 heterocycles. The van der Waals surface area contributed by atoms with E-state index in [4.69, 9.17) is 4.74 Å². The Morgan fingerprint density at radius 2 is 1.88 bits per heavy atom. The van der Waals surface area contributed by atoms with Crippen LogP contribution in [0.25, 0.3) is 0 Å². The second-order valence-corrected chi connectivity index (χ2v) is 6.66. The lowest BCUT2D eigenvalue weighted by Gasteiger charge is -2.38. The molecule has 2 saturated heterocycles. The van der Waals surface area contributed by atoms with Crippen molar-refractivity contribution in [2.45, 2.75) is 31.7 Å². The fraction of sp³-hybridized carbons (Fsp3) is 0.611. The van der Waals surface area contributed by atoms with Crippen molar-refractivity contribution in [1.29, 1.82) is 0 Å². The Kier molecular flexibility index (Phi) is 5.99. The maximum Gasteiger partial charge on any atom is 0.269 e. The van der Waals surface area contributed by atoms with Crippen LogP contribution in [-0.2, 0) is 16.0 Å². The molecular formula is C18H25N3O4. The molecule has 0 aromatic heterocycles. The van der Waals surface area contributed by atoms with Gasteiger partial charge in [-0.2, -0.15) is 0 Å². The van der Waals surface area contributed by atoms with Crippen LogP contribution < -0.4 is 0 Å². The summed E-state index contributed by atoms with van der Waals surface area (Å²) in [6.45, 7) is 4.37. The van der Waals surface area contributed by atoms with E-state index in [1.165, 1.54) is 0 Å². The van der Waals surface area contributed by atoms with Crippen molar-refractivity contribution in [2.24, 2.45) is 0 Å². The molecule has 1 aromatic carbocycles. The molecule has 0 bridgehead atoms. The fourth-order valence-electron chi connectivity index (χ4n) is 3.59. The topological polar surface area (TPSA) is 75.9 Å². The number of likely N-dealkylation sites (tertiary alicyclic amines) is 1. The van der Waals surface area contributed by atoms with Crippen LogP contribution >= 0.6 is 0 Å². The molecule has 1 amide bonds. The highest BCUT2D eigenvalue weighted by molar-refractivity contribution is 5.82. The molecule has 0 aliphatic carbocycles. The highest BCUT2D eigenvalue weighted by Gasteiger charge is 2.32. The van der Waals surface area contributed by atoms with Crippen molar-refractivity contribution >= 4 is 11.6 Å². The number of ether oxygens (including phenoxy) is 1. The van der Waals surface area contributed by atoms with Crippen LogP contribution in [0.5, 0.6) is 0 Å². The average Bonchev–Trinajstić information content (AvgIpc) is 2.67. The first kappa shape index (κ1) is 17.8. The van der Waals surface area contributed by atoms with Gasteiger partial charge in [0.05, 0.1) is 24.2 Å². The summed E-state index contributed by atoms with van der Waals surface area (Å²) >= 11 is 0. The Labute approximate surface area is 147 Å². The third-order valence-corrected chi connectivity index (χ3v) is 5.06. The lowest BCUT2D eigenvalue weighted by molar-refractivity contribution is -0.384. The molecule has 2 fully saturated rings. The number of benzene rings is 1. The molecule has 1 aromatic rings. The molecule has 136 valence electrons. The van der Waals surface area contributed by atoms with E-state index in [9.17, 15) is 14.9 Å². The van der Waals surface area contributed by atoms with Gasteiger partial charge in [-0.15, -0.1) is 0 Å². The summed E-state index contributed by atoms with van der Waals surface area (Å²) in [6, 6.07) is 6.66. The maximum absolute atomic E-state index is 12.8. The maximum atomic E-state index is 12.8. The summed E-state index contributed by atoms with van der Waals surface area (Å²) < 4.78 is 5.34. The number of hydrogen-bond donors (Lipinski definition) is 0. The van der Waals surface area contributed by atoms with E-state index in [2.05, 4.69) is 4.90 Å². The summed E-state index contributed by atoms with van der Waals surface area (Å²) in [5.41, 5.74) is 1.18. The Morgan fingerprint density at radius 1 is 1.16 bits per heavy atom. The van der Waals surface area contributed by atoms with Crippen LogP contribution in [0.4, 0.5) is 5.69 Å². The van der Waals surface area contributed by atoms with E-state index in [1.807, 2.05) is 4.90 Å². The van der Waals surface area contributed by atoms with Crippen molar-refractivity contribution in [3.8, 4) is 0 Å². The number of amides is 1. The van der Waals surface area contributed by atoms with Gasteiger partial charge in [-0.25, -0.2) is 0 Å². The minimum absolute atomic E-state index is 0.0371. The second kappa shape index (κ2) is 8.40. The number of rotatable bonds is 5. The summed E-state index contributed by atoms with van der Waals surface area (Å²) in [5, 5.41) is 10.7. The van der Waals surface area contributed by atoms with Crippen LogP contribution in [0.2, 0.25) is 0 Å². The van der Waals surface area contributed by atoms with Gasteiger partial charge in [0.2, 0.25) is 5.91 Å². The zero-order valence-electron chi connectivity index (χ0n) is 14.4. The molecule has 2 aliphatic heterocycles. The third kappa shape index (κ3) is 4.55. The molecule has 0 radical (unpaired) electrons. The standard InChI is InChI=1S/C18H25N3O4/c22-18(20-11-13-25-14-12-20)17-3-1-2-9-19(17)10-8-15-4-6-16(7-5-15)21(23)24/h4-7,17H,1-3,8-14H2. The Balaban J connectivity index is 1.58. The predicted octanol–water partition coefficient (Wildman–Crippen LogP) is 1.85. The van der Waals surface area contributed by atoms with Crippen molar-refractivity contribution in [3.63, 3.8) is 0 Å². The van der Waals surface area contributed by atoms with Crippen molar-refractivity contribution in [3.05, 3.63) is 39.9 Å². The number of nitro groups is 1. The number of hydrogen-bond acceptors (Lipinski definition) is 5. The number of piperidine rings is 1. The third-order valence-electron chi connectivity index (χ3n) is 5.06. The van der Waals surface area contributed by atoms with Crippen molar-refractivity contribution < 1.29 is 14.5 Å². The van der Waals surface area contributed by atoms with Gasteiger partial charge < -0.3 is 9.64 Å². The zero-order valence-corrected chi connectivity index (χ0v) is 14.4. The van der Waals surface area contributed by atoms with E-state index >= 15 is 0 Å². The summed E-state index contributed by atoms with van der Waals surface area (Å²) in [6.07, 6.45) is 3.92. The smallest absolute Gasteiger partial charge is 0.269 e. The van der Waals surface area contributed by atoms with E-state index in [1.54, 1.807) is 24.3 Å². The first-order valence-electron chi connectivity index (χ1n) is 8.99. The molecule has 25 heavy (non-hydrogen) atoms. The van der Waals surface area contributed by atoms with E-state index in [0.717, 1.165) is 44.3 Å². The van der Waals surface area contributed by atoms with E-state index in [0.29, 0.717) is 26.3 Å². The van der Waals surface area contributed by atoms with Gasteiger partial charge in [0.15, 0.2) is 0 Å². The Hall–Kier alpha value is -1.99. The molecule has 1 atom stereocenters. The number of non-ortho nitro benzene ring substituents is 1. The fourth-order valence-corrected chi connectivity index (χ4v) is 3.59. The van der Waals surface area contributed by atoms with Crippen LogP contribution in [0.15, 0.2) is 24.3 Å². The highest BCUT2D eigenvalue weighted by Crippen LogP contribution is 2.21. The molecule has 7 nitrogen and oxygen atoms in total. The van der Waals surface area contributed by atoms with Crippen LogP contribution in [0.1, 0.15) is 24.8 Å². The molecule has 2 aliphatic rings. The minimum atomic E-state index is -0.383. The van der Waals surface area contributed by atoms with Gasteiger partial charge in [0, 0.05) is 31.8 Å². The molecule has 0 spiro atoms. The highest BCUT2D eigenvalue weighted by atomic mass is 16.6. The number of nitro benzene ring substituents is 1. The Morgan fingerprint density at radius 3 is 2.56 bits per heavy atom. The largest absolute Gasteiger partial charge is 0.378 e. The Bertz CT molecular complexity index is 599. The number of carbonyl (C=O) groups is 1. The number of carbonyl (C=O) groups excluding carboxylic acids is 1. The van der Waals surface area contributed by atoms with Gasteiger partial charge in [-0.1, -0.05) is 18.6 Å². The summed E-state index contributed by atoms with van der Waals surface area (Å²) in [5.74, 6) is 0.228. The van der Waals surface area contributed by atoms with Gasteiger partial charge in [-0.05, 0) is 31.4 Å². The van der Waals surface area contributed by atoms with Gasteiger partial charge in [-0.3, -0.25) is 19.8 Å². The normalized spacial score (nSPS) is 21.9. The minimum Gasteiger partial charge on any atom is -0.378 e. The first-order valence-corrected chi connectivity index (χ1v) is 8.99. The molecule has 1 unspecified atom stereocenters. The van der Waals surface area contributed by atoms with E-state index in [-0.39, 0.29) is 22.6 Å². The quantitative estimate of drug-likeness (QED) is 0.600. The first-order chi connectivity index (χ1) is 12.1. The molecular weight excluding hydrogens is 322 g/mol. The van der Waals surface area contributed by atoms with Crippen molar-refractivity contribution in [2.75, 3.05) is 39.4 Å². The van der Waals surface area contributed by atoms with Crippen LogP contribution in [0, 0.1) is 10.1 Å². The van der Waals surface area contributed by atoms with Gasteiger partial charge in [0.1, 0.15) is 0 Å². The number of morpholine rings is 1. The predicted molar refractivity (Wildman–Crippen MR) is 93.4 cm³/mol. The van der Waals surface area contributed by atoms with Gasteiger partial charge >= 0.3 is 0 Å². The van der Waals surface area contributed by atoms with Crippen LogP contribution in [0.3, 0.4) is 0 Å². The summed E-state index contributed by atoms with van der Waals surface area (Å²) in [7, 11) is 0. The van der Waals surface area contributed by atoms with Crippen molar-refractivity contribution in [1.82, 2.24) is 9.80 Å². The van der Waals surface area contributed by atoms with Gasteiger partial charge in [0.25, 0.3) is 5.69 Å². The number of nitrogens with zero attached hydrogens (tertiary/aromatic N) is 3. The lowest BCUT2D eigenvalue weighted by Crippen LogP contribution is -2.53. The lowest BCUT2D eigenvalue weighted by atomic mass is 9.99. The SMILES string of the molecule is O=C(C1CCCCN1CCc1ccc([N+](=O)[O-])cc1)N1CCOCC1. The second-order valence-electron chi connectivity index (χ2n) is 6.66. The summed E-state index contributed by atoms with van der Waals surface area (Å²) in [4.78, 5) is 27.4. The average molecular weight is 347 g/mol.